The Morgan fingerprint density at radius 1 is 1.15 bits per heavy atom. The van der Waals surface area contributed by atoms with Crippen molar-refractivity contribution in [3.63, 3.8) is 0 Å². The van der Waals surface area contributed by atoms with E-state index in [2.05, 4.69) is 14.5 Å². The normalized spacial score (nSPS) is 10.6. The number of benzene rings is 1. The molecule has 0 saturated heterocycles. The van der Waals surface area contributed by atoms with Crippen molar-refractivity contribution < 1.29 is 37.4 Å². The van der Waals surface area contributed by atoms with E-state index in [0.29, 0.717) is 11.3 Å². The van der Waals surface area contributed by atoms with E-state index in [4.69, 9.17) is 4.74 Å². The van der Waals surface area contributed by atoms with Gasteiger partial charge in [-0.2, -0.15) is 8.78 Å². The zero-order valence-electron chi connectivity index (χ0n) is 14.8. The number of hydrogen-bond acceptors (Lipinski definition) is 6. The van der Waals surface area contributed by atoms with Crippen LogP contribution in [-0.4, -0.2) is 43.0 Å². The predicted molar refractivity (Wildman–Crippen MR) is 89.3 cm³/mol. The minimum atomic E-state index is -3.03. The van der Waals surface area contributed by atoms with Crippen LogP contribution in [0.5, 0.6) is 5.75 Å². The summed E-state index contributed by atoms with van der Waals surface area (Å²) >= 11 is 0. The molecule has 2 rings (SSSR count). The van der Waals surface area contributed by atoms with Crippen molar-refractivity contribution in [3.8, 4) is 5.75 Å². The molecule has 0 aliphatic carbocycles. The van der Waals surface area contributed by atoms with Crippen LogP contribution in [0.4, 0.5) is 8.78 Å². The van der Waals surface area contributed by atoms with Crippen LogP contribution in [0.1, 0.15) is 42.5 Å². The maximum absolute atomic E-state index is 12.3. The fourth-order valence-electron chi connectivity index (χ4n) is 2.52. The first-order chi connectivity index (χ1) is 12.7. The number of esters is 2. The van der Waals surface area contributed by atoms with Crippen molar-refractivity contribution in [1.82, 2.24) is 4.98 Å². The molecule has 7 nitrogen and oxygen atoms in total. The second-order valence-electron chi connectivity index (χ2n) is 5.52. The Kier molecular flexibility index (Phi) is 6.27. The van der Waals surface area contributed by atoms with Gasteiger partial charge in [0.1, 0.15) is 5.75 Å². The largest absolute Gasteiger partial charge is 0.465 e. The molecule has 0 bridgehead atoms. The summed E-state index contributed by atoms with van der Waals surface area (Å²) in [7, 11) is 1.23. The number of ether oxygens (including phenoxy) is 3. The van der Waals surface area contributed by atoms with Crippen LogP contribution in [0.3, 0.4) is 0 Å². The van der Waals surface area contributed by atoms with Gasteiger partial charge >= 0.3 is 18.6 Å². The first kappa shape index (κ1) is 20.1. The molecule has 0 radical (unpaired) electrons. The Balaban J connectivity index is 2.08. The summed E-state index contributed by atoms with van der Waals surface area (Å²) in [5.74, 6) is -2.23. The van der Waals surface area contributed by atoms with Gasteiger partial charge in [-0.3, -0.25) is 4.79 Å². The predicted octanol–water partition coefficient (Wildman–Crippen LogP) is 3.06. The summed E-state index contributed by atoms with van der Waals surface area (Å²) in [5.41, 5.74) is 1.15. The Morgan fingerprint density at radius 2 is 1.85 bits per heavy atom. The highest BCUT2D eigenvalue weighted by Gasteiger charge is 2.23. The zero-order valence-corrected chi connectivity index (χ0v) is 14.8. The molecule has 0 aliphatic heterocycles. The first-order valence-corrected chi connectivity index (χ1v) is 7.77. The number of hydrogen-bond donors (Lipinski definition) is 1. The summed E-state index contributed by atoms with van der Waals surface area (Å²) < 4.78 is 38.3. The molecule has 0 saturated carbocycles. The number of alkyl halides is 2. The van der Waals surface area contributed by atoms with Crippen molar-refractivity contribution in [2.45, 2.75) is 20.5 Å². The molecule has 0 aliphatic rings. The van der Waals surface area contributed by atoms with Gasteiger partial charge in [-0.15, -0.1) is 0 Å². The third kappa shape index (κ3) is 4.69. The van der Waals surface area contributed by atoms with E-state index in [1.54, 1.807) is 13.8 Å². The molecule has 1 N–H and O–H groups in total. The van der Waals surface area contributed by atoms with Gasteiger partial charge in [-0.25, -0.2) is 9.59 Å². The van der Waals surface area contributed by atoms with Gasteiger partial charge in [0.15, 0.2) is 6.61 Å². The van der Waals surface area contributed by atoms with E-state index in [-0.39, 0.29) is 22.6 Å². The molecule has 2 aromatic rings. The van der Waals surface area contributed by atoms with Crippen LogP contribution < -0.4 is 4.74 Å². The van der Waals surface area contributed by atoms with Crippen LogP contribution in [-0.2, 0) is 9.47 Å². The molecule has 0 amide bonds. The summed E-state index contributed by atoms with van der Waals surface area (Å²) in [6.07, 6.45) is 0. The van der Waals surface area contributed by atoms with Crippen molar-refractivity contribution in [2.24, 2.45) is 0 Å². The number of Topliss-reactive ketones (excluding diaryl/α,β-unsaturated/α-hetero) is 1. The van der Waals surface area contributed by atoms with E-state index < -0.39 is 30.9 Å². The highest BCUT2D eigenvalue weighted by molar-refractivity contribution is 6.03. The molecule has 0 unspecified atom stereocenters. The minimum absolute atomic E-state index is 0.0458. The number of carbonyl (C=O) groups excluding carboxylic acids is 3. The average molecular weight is 381 g/mol. The fourth-order valence-corrected chi connectivity index (χ4v) is 2.52. The topological polar surface area (TPSA) is 94.7 Å². The van der Waals surface area contributed by atoms with Crippen LogP contribution in [0.25, 0.3) is 0 Å². The minimum Gasteiger partial charge on any atom is -0.465 e. The highest BCUT2D eigenvalue weighted by Crippen LogP contribution is 2.20. The molecule has 1 aromatic carbocycles. The van der Waals surface area contributed by atoms with E-state index in [1.165, 1.54) is 25.3 Å². The maximum Gasteiger partial charge on any atom is 0.387 e. The van der Waals surface area contributed by atoms with Crippen molar-refractivity contribution in [3.05, 3.63) is 52.3 Å². The fraction of sp³-hybridized carbons (Fsp3) is 0.278. The molecule has 0 spiro atoms. The molecule has 27 heavy (non-hydrogen) atoms. The van der Waals surface area contributed by atoms with Gasteiger partial charge < -0.3 is 19.2 Å². The Morgan fingerprint density at radius 3 is 2.48 bits per heavy atom. The number of aryl methyl sites for hydroxylation is 1. The molecular formula is C18H17F2NO6. The van der Waals surface area contributed by atoms with Gasteiger partial charge in [-0.1, -0.05) is 6.07 Å². The lowest BCUT2D eigenvalue weighted by Crippen LogP contribution is -2.16. The molecule has 0 fully saturated rings. The van der Waals surface area contributed by atoms with E-state index in [9.17, 15) is 23.2 Å². The smallest absolute Gasteiger partial charge is 0.387 e. The SMILES string of the molecule is COC(=O)c1c(C)[nH]c(C(=O)COC(=O)c2cccc(OC(F)F)c2)c1C. The number of ketones is 1. The highest BCUT2D eigenvalue weighted by atomic mass is 19.3. The van der Waals surface area contributed by atoms with Crippen molar-refractivity contribution in [1.29, 1.82) is 0 Å². The quantitative estimate of drug-likeness (QED) is 0.585. The second-order valence-corrected chi connectivity index (χ2v) is 5.52. The van der Waals surface area contributed by atoms with Crippen LogP contribution in [0, 0.1) is 13.8 Å². The Hall–Kier alpha value is -3.23. The lowest BCUT2D eigenvalue weighted by Gasteiger charge is -2.07. The number of carbonyl (C=O) groups is 3. The number of aromatic nitrogens is 1. The van der Waals surface area contributed by atoms with Crippen LogP contribution >= 0.6 is 0 Å². The molecule has 0 atom stereocenters. The summed E-state index contributed by atoms with van der Waals surface area (Å²) in [6.45, 7) is -0.451. The third-order valence-corrected chi connectivity index (χ3v) is 3.74. The standard InChI is InChI=1S/C18H17F2NO6/c1-9-14(17(24)25-3)10(2)21-15(9)13(22)8-26-16(23)11-5-4-6-12(7-11)27-18(19)20/h4-7,18,21H,8H2,1-3H3. The van der Waals surface area contributed by atoms with E-state index in [0.717, 1.165) is 6.07 Å². The molecule has 1 heterocycles. The van der Waals surface area contributed by atoms with Gasteiger partial charge in [0.25, 0.3) is 0 Å². The number of H-pyrrole nitrogens is 1. The van der Waals surface area contributed by atoms with Crippen LogP contribution in [0.15, 0.2) is 24.3 Å². The lowest BCUT2D eigenvalue weighted by atomic mass is 10.1. The van der Waals surface area contributed by atoms with E-state index >= 15 is 0 Å². The number of aromatic amines is 1. The van der Waals surface area contributed by atoms with Gasteiger partial charge in [-0.05, 0) is 37.6 Å². The third-order valence-electron chi connectivity index (χ3n) is 3.74. The van der Waals surface area contributed by atoms with Crippen LogP contribution in [0.2, 0.25) is 0 Å². The molecular weight excluding hydrogens is 364 g/mol. The van der Waals surface area contributed by atoms with Gasteiger partial charge in [0, 0.05) is 5.69 Å². The summed E-state index contributed by atoms with van der Waals surface area (Å²) in [4.78, 5) is 38.9. The molecule has 1 aromatic heterocycles. The first-order valence-electron chi connectivity index (χ1n) is 7.77. The zero-order chi connectivity index (χ0) is 20.1. The number of rotatable bonds is 7. The Bertz CT molecular complexity index is 875. The Labute approximate surface area is 153 Å². The number of nitrogens with one attached hydrogen (secondary N) is 1. The summed E-state index contributed by atoms with van der Waals surface area (Å²) in [5, 5.41) is 0. The number of halogens is 2. The second kappa shape index (κ2) is 8.43. The van der Waals surface area contributed by atoms with Gasteiger partial charge in [0.2, 0.25) is 5.78 Å². The maximum atomic E-state index is 12.3. The lowest BCUT2D eigenvalue weighted by molar-refractivity contribution is -0.0499. The van der Waals surface area contributed by atoms with Crippen molar-refractivity contribution >= 4 is 17.7 Å². The molecule has 9 heteroatoms. The number of methoxy groups -OCH3 is 1. The monoisotopic (exact) mass is 381 g/mol. The molecule has 144 valence electrons. The summed E-state index contributed by atoms with van der Waals surface area (Å²) in [6, 6.07) is 5.02. The van der Waals surface area contributed by atoms with Gasteiger partial charge in [0.05, 0.1) is 23.9 Å². The average Bonchev–Trinajstić information content (AvgIpc) is 2.92. The van der Waals surface area contributed by atoms with Crippen molar-refractivity contribution in [2.75, 3.05) is 13.7 Å². The van der Waals surface area contributed by atoms with E-state index in [1.807, 2.05) is 0 Å².